The zero-order valence-corrected chi connectivity index (χ0v) is 9.16. The van der Waals surface area contributed by atoms with E-state index in [1.807, 2.05) is 39.0 Å². The van der Waals surface area contributed by atoms with Gasteiger partial charge in [-0.1, -0.05) is 40.7 Å². The first-order chi connectivity index (χ1) is 5.43. The first-order valence-electron chi connectivity index (χ1n) is 4.46. The largest absolute Gasteiger partial charge is 0.149 e. The van der Waals surface area contributed by atoms with E-state index in [-0.39, 0.29) is 0 Å². The molecule has 0 saturated heterocycles. The van der Waals surface area contributed by atoms with Crippen molar-refractivity contribution in [3.8, 4) is 0 Å². The van der Waals surface area contributed by atoms with Crippen LogP contribution in [0.2, 0.25) is 0 Å². The van der Waals surface area contributed by atoms with Gasteiger partial charge >= 0.3 is 0 Å². The molecule has 66 valence electrons. The SMILES string of the molecule is CC.CC.CCc1cccs1. The summed E-state index contributed by atoms with van der Waals surface area (Å²) in [5.74, 6) is 0. The van der Waals surface area contributed by atoms with Crippen molar-refractivity contribution in [1.82, 2.24) is 0 Å². The van der Waals surface area contributed by atoms with Gasteiger partial charge in [-0.2, -0.15) is 0 Å². The van der Waals surface area contributed by atoms with E-state index in [2.05, 4.69) is 24.4 Å². The van der Waals surface area contributed by atoms with Crippen LogP contribution in [-0.4, -0.2) is 0 Å². The third-order valence-corrected chi connectivity index (χ3v) is 1.95. The second kappa shape index (κ2) is 12.4. The highest BCUT2D eigenvalue weighted by Crippen LogP contribution is 2.07. The highest BCUT2D eigenvalue weighted by Gasteiger charge is 1.82. The summed E-state index contributed by atoms with van der Waals surface area (Å²) in [6.07, 6.45) is 1.18. The molecule has 1 heteroatoms. The summed E-state index contributed by atoms with van der Waals surface area (Å²) in [5.41, 5.74) is 0. The Hall–Kier alpha value is -0.300. The Bertz CT molecular complexity index is 119. The Morgan fingerprint density at radius 1 is 1.18 bits per heavy atom. The van der Waals surface area contributed by atoms with Crippen molar-refractivity contribution < 1.29 is 0 Å². The molecule has 0 bridgehead atoms. The highest BCUT2D eigenvalue weighted by molar-refractivity contribution is 7.09. The normalized spacial score (nSPS) is 7.00. The molecule has 1 heterocycles. The Balaban J connectivity index is 0. The Morgan fingerprint density at radius 3 is 1.91 bits per heavy atom. The minimum absolute atomic E-state index is 1.18. The third-order valence-electron chi connectivity index (χ3n) is 0.929. The molecule has 0 radical (unpaired) electrons. The van der Waals surface area contributed by atoms with E-state index in [0.29, 0.717) is 0 Å². The van der Waals surface area contributed by atoms with Crippen molar-refractivity contribution >= 4 is 11.3 Å². The van der Waals surface area contributed by atoms with Gasteiger partial charge in [-0.15, -0.1) is 11.3 Å². The summed E-state index contributed by atoms with van der Waals surface area (Å²) in [7, 11) is 0. The molecule has 0 nitrogen and oxygen atoms in total. The zero-order valence-electron chi connectivity index (χ0n) is 8.35. The smallest absolute Gasteiger partial charge is 0.00424 e. The van der Waals surface area contributed by atoms with Crippen LogP contribution in [0, 0.1) is 0 Å². The van der Waals surface area contributed by atoms with Crippen LogP contribution >= 0.6 is 11.3 Å². The minimum atomic E-state index is 1.18. The molecule has 0 aliphatic rings. The summed E-state index contributed by atoms with van der Waals surface area (Å²) in [4.78, 5) is 1.47. The molecule has 0 aromatic carbocycles. The quantitative estimate of drug-likeness (QED) is 0.590. The van der Waals surface area contributed by atoms with E-state index in [0.717, 1.165) is 0 Å². The maximum atomic E-state index is 2.17. The summed E-state index contributed by atoms with van der Waals surface area (Å²) < 4.78 is 0. The molecule has 11 heavy (non-hydrogen) atoms. The van der Waals surface area contributed by atoms with E-state index in [1.54, 1.807) is 0 Å². The van der Waals surface area contributed by atoms with Crippen molar-refractivity contribution in [1.29, 1.82) is 0 Å². The molecule has 0 N–H and O–H groups in total. The minimum Gasteiger partial charge on any atom is -0.149 e. The van der Waals surface area contributed by atoms with Crippen molar-refractivity contribution in [2.45, 2.75) is 41.0 Å². The maximum Gasteiger partial charge on any atom is 0.00424 e. The van der Waals surface area contributed by atoms with Gasteiger partial charge in [0.25, 0.3) is 0 Å². The summed E-state index contributed by atoms with van der Waals surface area (Å²) >= 11 is 1.82. The Kier molecular flexibility index (Phi) is 15.0. The van der Waals surface area contributed by atoms with Crippen LogP contribution in [0.15, 0.2) is 17.5 Å². The molecule has 0 aliphatic heterocycles. The number of hydrogen-bond donors (Lipinski definition) is 0. The lowest BCUT2D eigenvalue weighted by molar-refractivity contribution is 1.19. The fourth-order valence-corrected chi connectivity index (χ4v) is 1.17. The van der Waals surface area contributed by atoms with Crippen LogP contribution in [0.25, 0.3) is 0 Å². The fraction of sp³-hybridized carbons (Fsp3) is 0.600. The number of hydrogen-bond acceptors (Lipinski definition) is 1. The van der Waals surface area contributed by atoms with E-state index in [1.165, 1.54) is 11.3 Å². The molecule has 1 rings (SSSR count). The van der Waals surface area contributed by atoms with E-state index in [9.17, 15) is 0 Å². The van der Waals surface area contributed by atoms with Crippen molar-refractivity contribution in [2.75, 3.05) is 0 Å². The van der Waals surface area contributed by atoms with E-state index < -0.39 is 0 Å². The first-order valence-corrected chi connectivity index (χ1v) is 5.34. The summed E-state index contributed by atoms with van der Waals surface area (Å²) in [6.45, 7) is 10.2. The highest BCUT2D eigenvalue weighted by atomic mass is 32.1. The second-order valence-corrected chi connectivity index (χ2v) is 2.47. The fourth-order valence-electron chi connectivity index (χ4n) is 0.514. The van der Waals surface area contributed by atoms with Gasteiger partial charge in [-0.05, 0) is 17.9 Å². The van der Waals surface area contributed by atoms with Crippen molar-refractivity contribution in [3.05, 3.63) is 22.4 Å². The van der Waals surface area contributed by atoms with Gasteiger partial charge in [-0.25, -0.2) is 0 Å². The zero-order chi connectivity index (χ0) is 9.11. The van der Waals surface area contributed by atoms with Gasteiger partial charge in [0.2, 0.25) is 0 Å². The second-order valence-electron chi connectivity index (χ2n) is 1.43. The molecule has 0 amide bonds. The molecule has 0 fully saturated rings. The predicted octanol–water partition coefficient (Wildman–Crippen LogP) is 4.36. The van der Waals surface area contributed by atoms with Crippen LogP contribution in [0.4, 0.5) is 0 Å². The topological polar surface area (TPSA) is 0 Å². The summed E-state index contributed by atoms with van der Waals surface area (Å²) in [5, 5.41) is 2.11. The monoisotopic (exact) mass is 172 g/mol. The van der Waals surface area contributed by atoms with Gasteiger partial charge in [0.05, 0.1) is 0 Å². The predicted molar refractivity (Wildman–Crippen MR) is 56.4 cm³/mol. The van der Waals surface area contributed by atoms with Crippen LogP contribution in [0.1, 0.15) is 39.5 Å². The molecule has 0 spiro atoms. The van der Waals surface area contributed by atoms with Crippen molar-refractivity contribution in [2.24, 2.45) is 0 Å². The van der Waals surface area contributed by atoms with Gasteiger partial charge in [-0.3, -0.25) is 0 Å². The molecule has 0 unspecified atom stereocenters. The van der Waals surface area contributed by atoms with Gasteiger partial charge in [0.1, 0.15) is 0 Å². The lowest BCUT2D eigenvalue weighted by Crippen LogP contribution is -1.63. The van der Waals surface area contributed by atoms with Gasteiger partial charge in [0.15, 0.2) is 0 Å². The third kappa shape index (κ3) is 7.60. The number of rotatable bonds is 1. The average molecular weight is 172 g/mol. The Labute approximate surface area is 75.3 Å². The van der Waals surface area contributed by atoms with Crippen LogP contribution < -0.4 is 0 Å². The van der Waals surface area contributed by atoms with Gasteiger partial charge in [0, 0.05) is 4.88 Å². The summed E-state index contributed by atoms with van der Waals surface area (Å²) in [6, 6.07) is 4.24. The Morgan fingerprint density at radius 2 is 1.73 bits per heavy atom. The van der Waals surface area contributed by atoms with Gasteiger partial charge < -0.3 is 0 Å². The first kappa shape index (κ1) is 13.3. The van der Waals surface area contributed by atoms with E-state index >= 15 is 0 Å². The number of thiophene rings is 1. The molecule has 1 aromatic heterocycles. The van der Waals surface area contributed by atoms with Crippen molar-refractivity contribution in [3.63, 3.8) is 0 Å². The van der Waals surface area contributed by atoms with Crippen LogP contribution in [0.5, 0.6) is 0 Å². The molecule has 0 aliphatic carbocycles. The van der Waals surface area contributed by atoms with Crippen LogP contribution in [0.3, 0.4) is 0 Å². The lowest BCUT2D eigenvalue weighted by atomic mass is 10.4. The average Bonchev–Trinajstić information content (AvgIpc) is 2.63. The maximum absolute atomic E-state index is 2.17. The standard InChI is InChI=1S/C6H8S.2C2H6/c1-2-6-4-3-5-7-6;2*1-2/h3-5H,2H2,1H3;2*1-2H3. The molecule has 0 saturated carbocycles. The molecule has 1 aromatic rings. The molecular weight excluding hydrogens is 152 g/mol. The molecule has 0 atom stereocenters. The molecular formula is C10H20S. The van der Waals surface area contributed by atoms with Crippen LogP contribution in [-0.2, 0) is 6.42 Å². The van der Waals surface area contributed by atoms with E-state index in [4.69, 9.17) is 0 Å². The lowest BCUT2D eigenvalue weighted by Gasteiger charge is -1.78. The number of aryl methyl sites for hydroxylation is 1.